The number of thioether (sulfide) groups is 1. The molecule has 0 aliphatic heterocycles. The van der Waals surface area contributed by atoms with Gasteiger partial charge in [0.2, 0.25) is 14.2 Å². The molecule has 1 N–H and O–H groups in total. The van der Waals surface area contributed by atoms with Gasteiger partial charge in [0.05, 0.1) is 5.69 Å². The second kappa shape index (κ2) is 8.38. The van der Waals surface area contributed by atoms with Crippen molar-refractivity contribution >= 4 is 30.9 Å². The number of fused-ring (bicyclic) bond motifs is 2. The fraction of sp³-hybridized carbons (Fsp3) is 0.462. The maximum absolute atomic E-state index is 10.5. The fourth-order valence-corrected chi connectivity index (χ4v) is 5.77. The van der Waals surface area contributed by atoms with Gasteiger partial charge in [-0.1, -0.05) is 63.7 Å². The number of nitrogens with zero attached hydrogens (tertiary/aromatic N) is 2. The van der Waals surface area contributed by atoms with Crippen molar-refractivity contribution in [2.45, 2.75) is 69.7 Å². The summed E-state index contributed by atoms with van der Waals surface area (Å²) in [6, 6.07) is 13.1. The van der Waals surface area contributed by atoms with Crippen LogP contribution in [-0.4, -0.2) is 29.6 Å². The van der Waals surface area contributed by atoms with Crippen LogP contribution in [0.3, 0.4) is 0 Å². The number of benzene rings is 2. The molecule has 0 spiro atoms. The molecule has 3 aromatic rings. The molecule has 0 fully saturated rings. The zero-order valence-corrected chi connectivity index (χ0v) is 22.0. The van der Waals surface area contributed by atoms with Crippen molar-refractivity contribution in [1.82, 2.24) is 9.97 Å². The van der Waals surface area contributed by atoms with E-state index in [1.54, 1.807) is 0 Å². The third-order valence-corrected chi connectivity index (χ3v) is 12.2. The predicted molar refractivity (Wildman–Crippen MR) is 137 cm³/mol. The third kappa shape index (κ3) is 4.27. The molecule has 6 heteroatoms. The molecule has 170 valence electrons. The highest BCUT2D eigenvalue weighted by Crippen LogP contribution is 2.44. The van der Waals surface area contributed by atoms with Crippen LogP contribution in [0.15, 0.2) is 41.6 Å². The number of aromatic nitrogens is 2. The molecule has 2 atom stereocenters. The van der Waals surface area contributed by atoms with Gasteiger partial charge in [0.15, 0.2) is 5.16 Å². The zero-order chi connectivity index (χ0) is 23.3. The van der Waals surface area contributed by atoms with E-state index in [1.807, 2.05) is 6.26 Å². The van der Waals surface area contributed by atoms with Gasteiger partial charge in [0, 0.05) is 5.56 Å². The Morgan fingerprint density at radius 3 is 2.50 bits per heavy atom. The second-order valence-electron chi connectivity index (χ2n) is 10.5. The summed E-state index contributed by atoms with van der Waals surface area (Å²) in [5, 5.41) is 13.7. The molecule has 0 bridgehead atoms. The Morgan fingerprint density at radius 2 is 1.81 bits per heavy atom. The van der Waals surface area contributed by atoms with E-state index in [2.05, 4.69) is 82.2 Å². The molecule has 1 aromatic heterocycles. The van der Waals surface area contributed by atoms with Crippen molar-refractivity contribution in [3.8, 4) is 11.6 Å². The van der Waals surface area contributed by atoms with Crippen LogP contribution in [0.5, 0.6) is 11.6 Å². The van der Waals surface area contributed by atoms with E-state index in [1.165, 1.54) is 28.1 Å². The van der Waals surface area contributed by atoms with Gasteiger partial charge >= 0.3 is 0 Å². The molecule has 0 radical (unpaired) electrons. The Bertz CT molecular complexity index is 1160. The molecule has 4 nitrogen and oxygen atoms in total. The van der Waals surface area contributed by atoms with E-state index < -0.39 is 8.32 Å². The normalized spacial score (nSPS) is 19.1. The van der Waals surface area contributed by atoms with Gasteiger partial charge in [0.25, 0.3) is 0 Å². The molecule has 1 aliphatic carbocycles. The third-order valence-electron chi connectivity index (χ3n) is 7.31. The number of aromatic hydroxyl groups is 1. The van der Waals surface area contributed by atoms with Crippen molar-refractivity contribution in [2.75, 3.05) is 6.26 Å². The minimum atomic E-state index is -1.96. The Labute approximate surface area is 197 Å². The van der Waals surface area contributed by atoms with Crippen molar-refractivity contribution in [2.24, 2.45) is 5.92 Å². The van der Waals surface area contributed by atoms with Crippen LogP contribution in [0.2, 0.25) is 18.1 Å². The molecule has 2 aromatic carbocycles. The van der Waals surface area contributed by atoms with E-state index >= 15 is 0 Å². The maximum atomic E-state index is 10.5. The lowest BCUT2D eigenvalue weighted by atomic mass is 9.74. The van der Waals surface area contributed by atoms with Crippen LogP contribution in [0, 0.1) is 5.92 Å². The molecule has 0 saturated heterocycles. The van der Waals surface area contributed by atoms with Gasteiger partial charge in [-0.3, -0.25) is 0 Å². The average Bonchev–Trinajstić information content (AvgIpc) is 2.72. The summed E-state index contributed by atoms with van der Waals surface area (Å²) in [4.78, 5) is 9.02. The summed E-state index contributed by atoms with van der Waals surface area (Å²) in [5.74, 6) is 1.78. The van der Waals surface area contributed by atoms with E-state index in [-0.39, 0.29) is 10.9 Å². The Kier molecular flexibility index (Phi) is 6.05. The van der Waals surface area contributed by atoms with Gasteiger partial charge < -0.3 is 9.53 Å². The minimum Gasteiger partial charge on any atom is -0.543 e. The van der Waals surface area contributed by atoms with Gasteiger partial charge in [-0.2, -0.15) is 4.98 Å². The molecule has 0 amide bonds. The van der Waals surface area contributed by atoms with Crippen LogP contribution in [0.25, 0.3) is 10.8 Å². The second-order valence-corrected chi connectivity index (χ2v) is 16.0. The lowest BCUT2D eigenvalue weighted by Crippen LogP contribution is -2.43. The molecule has 4 rings (SSSR count). The molecular formula is C26H34N2O2SSi. The summed E-state index contributed by atoms with van der Waals surface area (Å²) >= 11 is 1.47. The van der Waals surface area contributed by atoms with E-state index in [9.17, 15) is 5.11 Å². The van der Waals surface area contributed by atoms with E-state index in [0.29, 0.717) is 17.0 Å². The van der Waals surface area contributed by atoms with Crippen molar-refractivity contribution in [3.05, 3.63) is 53.2 Å². The smallest absolute Gasteiger partial charge is 0.250 e. The molecule has 0 saturated carbocycles. The molecule has 1 aliphatic rings. The predicted octanol–water partition coefficient (Wildman–Crippen LogP) is 6.96. The average molecular weight is 467 g/mol. The van der Waals surface area contributed by atoms with Crippen LogP contribution in [0.1, 0.15) is 50.4 Å². The quantitative estimate of drug-likeness (QED) is 0.256. The highest BCUT2D eigenvalue weighted by atomic mass is 32.2. The number of hydrogen-bond donors (Lipinski definition) is 1. The highest BCUT2D eigenvalue weighted by Gasteiger charge is 2.39. The van der Waals surface area contributed by atoms with Crippen LogP contribution in [-0.2, 0) is 12.8 Å². The molecule has 32 heavy (non-hydrogen) atoms. The zero-order valence-electron chi connectivity index (χ0n) is 20.2. The number of hydrogen-bond acceptors (Lipinski definition) is 5. The van der Waals surface area contributed by atoms with Crippen molar-refractivity contribution in [3.63, 3.8) is 0 Å². The van der Waals surface area contributed by atoms with Gasteiger partial charge in [-0.25, -0.2) is 4.98 Å². The first kappa shape index (κ1) is 23.1. The first-order valence-electron chi connectivity index (χ1n) is 11.3. The first-order valence-corrected chi connectivity index (χ1v) is 15.5. The van der Waals surface area contributed by atoms with Crippen LogP contribution < -0.4 is 4.43 Å². The monoisotopic (exact) mass is 466 g/mol. The van der Waals surface area contributed by atoms with Crippen LogP contribution in [0.4, 0.5) is 0 Å². The van der Waals surface area contributed by atoms with Gasteiger partial charge in [-0.05, 0) is 77.5 Å². The Balaban J connectivity index is 1.81. The molecule has 2 unspecified atom stereocenters. The highest BCUT2D eigenvalue weighted by molar-refractivity contribution is 7.98. The summed E-state index contributed by atoms with van der Waals surface area (Å²) in [7, 11) is -1.96. The van der Waals surface area contributed by atoms with Crippen LogP contribution >= 0.6 is 11.8 Å². The lowest BCUT2D eigenvalue weighted by Gasteiger charge is -2.37. The van der Waals surface area contributed by atoms with Gasteiger partial charge in [-0.15, -0.1) is 0 Å². The first-order chi connectivity index (χ1) is 15.0. The Hall–Kier alpha value is -2.05. The molecular weight excluding hydrogens is 432 g/mol. The fourth-order valence-electron chi connectivity index (χ4n) is 4.38. The molecule has 1 heterocycles. The summed E-state index contributed by atoms with van der Waals surface area (Å²) in [6.45, 7) is 13.7. The lowest BCUT2D eigenvalue weighted by molar-refractivity contribution is 0.383. The summed E-state index contributed by atoms with van der Waals surface area (Å²) in [6.07, 6.45) is 3.52. The SMILES string of the molecule is CSc1nc(O)c2c(n1)CC(c1cc(O[Si](C)(C)C(C)(C)C)cc3ccccc13)C(C)C2. The standard InChI is InChI=1S/C26H34N2O2SSi/c1-16-12-22-23(27-25(31-5)28-24(22)29)15-20(16)21-14-18(30-32(6,7)26(2,3)4)13-17-10-8-9-11-19(17)21/h8-11,13-14,16,20H,12,15H2,1-7H3,(H,27,28,29). The summed E-state index contributed by atoms with van der Waals surface area (Å²) < 4.78 is 6.74. The van der Waals surface area contributed by atoms with Crippen molar-refractivity contribution in [1.29, 1.82) is 0 Å². The van der Waals surface area contributed by atoms with E-state index in [0.717, 1.165) is 29.8 Å². The maximum Gasteiger partial charge on any atom is 0.250 e. The van der Waals surface area contributed by atoms with Crippen molar-refractivity contribution < 1.29 is 9.53 Å². The Morgan fingerprint density at radius 1 is 1.09 bits per heavy atom. The largest absolute Gasteiger partial charge is 0.543 e. The summed E-state index contributed by atoms with van der Waals surface area (Å²) in [5.41, 5.74) is 3.20. The minimum absolute atomic E-state index is 0.137. The topological polar surface area (TPSA) is 55.2 Å². The van der Waals surface area contributed by atoms with Gasteiger partial charge in [0.1, 0.15) is 5.75 Å². The van der Waals surface area contributed by atoms with E-state index in [4.69, 9.17) is 9.41 Å². The number of rotatable bonds is 4.